The maximum atomic E-state index is 12.7. The summed E-state index contributed by atoms with van der Waals surface area (Å²) in [6.07, 6.45) is 4.09. The molecule has 2 heterocycles. The van der Waals surface area contributed by atoms with Gasteiger partial charge in [0.05, 0.1) is 0 Å². The number of likely N-dealkylation sites (N-methyl/N-ethyl adjacent to an activating group) is 1. The highest BCUT2D eigenvalue weighted by molar-refractivity contribution is 7.91. The van der Waals surface area contributed by atoms with Crippen molar-refractivity contribution in [2.24, 2.45) is 5.92 Å². The molecule has 1 unspecified atom stereocenters. The third-order valence-electron chi connectivity index (χ3n) is 4.09. The number of sulfonamides is 1. The minimum Gasteiger partial charge on any atom is -0.317 e. The number of rotatable bonds is 7. The summed E-state index contributed by atoms with van der Waals surface area (Å²) in [7, 11) is -3.28. The molecule has 0 spiro atoms. The number of nitrogens with zero attached hydrogens (tertiary/aromatic N) is 1. The number of hydrogen-bond acceptors (Lipinski definition) is 4. The Bertz CT molecular complexity index is 540. The molecular weight excluding hydrogens is 304 g/mol. The Morgan fingerprint density at radius 3 is 2.90 bits per heavy atom. The van der Waals surface area contributed by atoms with E-state index in [-0.39, 0.29) is 0 Å². The minimum absolute atomic E-state index is 0.505. The van der Waals surface area contributed by atoms with Crippen LogP contribution in [0.2, 0.25) is 0 Å². The molecule has 0 saturated carbocycles. The lowest BCUT2D eigenvalue weighted by Crippen LogP contribution is -2.39. The van der Waals surface area contributed by atoms with Crippen LogP contribution < -0.4 is 5.32 Å². The molecule has 0 aromatic carbocycles. The molecule has 4 nitrogen and oxygen atoms in total. The third kappa shape index (κ3) is 4.28. The highest BCUT2D eigenvalue weighted by Crippen LogP contribution is 2.29. The molecule has 2 rings (SSSR count). The second-order valence-electron chi connectivity index (χ2n) is 5.60. The lowest BCUT2D eigenvalue weighted by atomic mass is 9.97. The van der Waals surface area contributed by atoms with Gasteiger partial charge in [-0.1, -0.05) is 20.3 Å². The molecule has 1 fully saturated rings. The standard InChI is InChI=1S/C15H26N2O2S2/c1-3-13-6-5-11-17(12-13)21(18,19)15-8-7-14(20-15)9-10-16-4-2/h7-8,13,16H,3-6,9-12H2,1-2H3. The molecule has 1 atom stereocenters. The summed E-state index contributed by atoms with van der Waals surface area (Å²) in [5.74, 6) is 0.515. The first-order valence-electron chi connectivity index (χ1n) is 7.87. The highest BCUT2D eigenvalue weighted by atomic mass is 32.2. The molecule has 0 bridgehead atoms. The van der Waals surface area contributed by atoms with Crippen molar-refractivity contribution in [1.82, 2.24) is 9.62 Å². The van der Waals surface area contributed by atoms with E-state index in [0.717, 1.165) is 43.6 Å². The monoisotopic (exact) mass is 330 g/mol. The maximum absolute atomic E-state index is 12.7. The fourth-order valence-electron chi connectivity index (χ4n) is 2.73. The van der Waals surface area contributed by atoms with E-state index in [4.69, 9.17) is 0 Å². The van der Waals surface area contributed by atoms with Gasteiger partial charge >= 0.3 is 0 Å². The average molecular weight is 331 g/mol. The largest absolute Gasteiger partial charge is 0.317 e. The first-order valence-corrected chi connectivity index (χ1v) is 10.1. The van der Waals surface area contributed by atoms with Crippen LogP contribution in [0.5, 0.6) is 0 Å². The smallest absolute Gasteiger partial charge is 0.252 e. The van der Waals surface area contributed by atoms with E-state index in [2.05, 4.69) is 19.2 Å². The Morgan fingerprint density at radius 1 is 1.38 bits per heavy atom. The van der Waals surface area contributed by atoms with Crippen LogP contribution in [0.15, 0.2) is 16.3 Å². The predicted octanol–water partition coefficient (Wildman–Crippen LogP) is 2.71. The van der Waals surface area contributed by atoms with Crippen LogP contribution in [-0.2, 0) is 16.4 Å². The van der Waals surface area contributed by atoms with Gasteiger partial charge in [-0.2, -0.15) is 4.31 Å². The quantitative estimate of drug-likeness (QED) is 0.782. The topological polar surface area (TPSA) is 49.4 Å². The van der Waals surface area contributed by atoms with Gasteiger partial charge in [-0.25, -0.2) is 8.42 Å². The lowest BCUT2D eigenvalue weighted by molar-refractivity contribution is 0.262. The molecular formula is C15H26N2O2S2. The summed E-state index contributed by atoms with van der Waals surface area (Å²) in [4.78, 5) is 1.14. The molecule has 1 saturated heterocycles. The fourth-order valence-corrected chi connectivity index (χ4v) is 5.79. The average Bonchev–Trinajstić information content (AvgIpc) is 2.97. The second-order valence-corrected chi connectivity index (χ2v) is 8.94. The van der Waals surface area contributed by atoms with Crippen molar-refractivity contribution in [3.63, 3.8) is 0 Å². The maximum Gasteiger partial charge on any atom is 0.252 e. The normalized spacial score (nSPS) is 20.8. The number of piperidine rings is 1. The molecule has 1 aromatic rings. The zero-order valence-corrected chi connectivity index (χ0v) is 14.6. The Morgan fingerprint density at radius 2 is 2.19 bits per heavy atom. The summed E-state index contributed by atoms with van der Waals surface area (Å²) in [5.41, 5.74) is 0. The molecule has 6 heteroatoms. The molecule has 1 aliphatic rings. The van der Waals surface area contributed by atoms with Gasteiger partial charge in [0.15, 0.2) is 0 Å². The van der Waals surface area contributed by atoms with Gasteiger partial charge in [0.1, 0.15) is 4.21 Å². The van der Waals surface area contributed by atoms with E-state index in [9.17, 15) is 8.42 Å². The van der Waals surface area contributed by atoms with Crippen molar-refractivity contribution in [2.75, 3.05) is 26.2 Å². The van der Waals surface area contributed by atoms with E-state index in [0.29, 0.717) is 23.2 Å². The van der Waals surface area contributed by atoms with Crippen molar-refractivity contribution < 1.29 is 8.42 Å². The van der Waals surface area contributed by atoms with E-state index < -0.39 is 10.0 Å². The van der Waals surface area contributed by atoms with Crippen LogP contribution in [0.1, 0.15) is 38.0 Å². The van der Waals surface area contributed by atoms with Crippen molar-refractivity contribution in [3.8, 4) is 0 Å². The van der Waals surface area contributed by atoms with Crippen LogP contribution in [0, 0.1) is 5.92 Å². The van der Waals surface area contributed by atoms with Crippen molar-refractivity contribution in [1.29, 1.82) is 0 Å². The van der Waals surface area contributed by atoms with Gasteiger partial charge in [-0.3, -0.25) is 0 Å². The van der Waals surface area contributed by atoms with E-state index in [1.165, 1.54) is 11.3 Å². The fraction of sp³-hybridized carbons (Fsp3) is 0.733. The van der Waals surface area contributed by atoms with E-state index >= 15 is 0 Å². The zero-order valence-electron chi connectivity index (χ0n) is 13.0. The van der Waals surface area contributed by atoms with Crippen LogP contribution in [0.4, 0.5) is 0 Å². The van der Waals surface area contributed by atoms with Crippen molar-refractivity contribution >= 4 is 21.4 Å². The SMILES string of the molecule is CCNCCc1ccc(S(=O)(=O)N2CCCC(CC)C2)s1. The number of hydrogen-bond donors (Lipinski definition) is 1. The Hall–Kier alpha value is -0.430. The Labute approximate surface area is 132 Å². The molecule has 0 aliphatic carbocycles. The zero-order chi connectivity index (χ0) is 15.3. The molecule has 0 amide bonds. The first kappa shape index (κ1) is 16.9. The predicted molar refractivity (Wildman–Crippen MR) is 88.3 cm³/mol. The summed E-state index contributed by atoms with van der Waals surface area (Å²) in [5, 5.41) is 3.27. The molecule has 120 valence electrons. The Balaban J connectivity index is 2.05. The van der Waals surface area contributed by atoms with Crippen LogP contribution in [-0.4, -0.2) is 38.9 Å². The molecule has 0 radical (unpaired) electrons. The molecule has 1 aliphatic heterocycles. The summed E-state index contributed by atoms with van der Waals surface area (Å²) in [6.45, 7) is 7.42. The molecule has 1 N–H and O–H groups in total. The third-order valence-corrected chi connectivity index (χ3v) is 7.57. The Kier molecular flexibility index (Phi) is 6.22. The van der Waals surface area contributed by atoms with Crippen LogP contribution in [0.3, 0.4) is 0 Å². The van der Waals surface area contributed by atoms with Gasteiger partial charge in [0.25, 0.3) is 10.0 Å². The first-order chi connectivity index (χ1) is 10.1. The minimum atomic E-state index is -3.28. The highest BCUT2D eigenvalue weighted by Gasteiger charge is 2.30. The number of thiophene rings is 1. The summed E-state index contributed by atoms with van der Waals surface area (Å²) >= 11 is 1.42. The van der Waals surface area contributed by atoms with Crippen molar-refractivity contribution in [2.45, 2.75) is 43.7 Å². The van der Waals surface area contributed by atoms with Crippen molar-refractivity contribution in [3.05, 3.63) is 17.0 Å². The second kappa shape index (κ2) is 7.72. The molecule has 1 aromatic heterocycles. The number of nitrogens with one attached hydrogen (secondary N) is 1. The van der Waals surface area contributed by atoms with E-state index in [1.807, 2.05) is 6.07 Å². The lowest BCUT2D eigenvalue weighted by Gasteiger charge is -2.30. The van der Waals surface area contributed by atoms with Gasteiger partial charge in [0, 0.05) is 18.0 Å². The van der Waals surface area contributed by atoms with Gasteiger partial charge < -0.3 is 5.32 Å². The van der Waals surface area contributed by atoms with Crippen LogP contribution >= 0.6 is 11.3 Å². The van der Waals surface area contributed by atoms with Crippen LogP contribution in [0.25, 0.3) is 0 Å². The van der Waals surface area contributed by atoms with Gasteiger partial charge in [-0.05, 0) is 50.4 Å². The summed E-state index contributed by atoms with van der Waals surface area (Å²) in [6, 6.07) is 3.73. The van der Waals surface area contributed by atoms with E-state index in [1.54, 1.807) is 10.4 Å². The summed E-state index contributed by atoms with van der Waals surface area (Å²) < 4.78 is 27.6. The molecule has 21 heavy (non-hydrogen) atoms. The van der Waals surface area contributed by atoms with Gasteiger partial charge in [-0.15, -0.1) is 11.3 Å². The van der Waals surface area contributed by atoms with Gasteiger partial charge in [0.2, 0.25) is 0 Å².